The molecule has 0 bridgehead atoms. The second-order valence-electron chi connectivity index (χ2n) is 6.87. The van der Waals surface area contributed by atoms with Gasteiger partial charge in [-0.25, -0.2) is 0 Å². The minimum Gasteiger partial charge on any atom is -0.324 e. The summed E-state index contributed by atoms with van der Waals surface area (Å²) in [5.41, 5.74) is 2.85. The standard InChI is InChI=1S/C20H22BrN5OS/c1-13(2)11-26-19(15-6-8-22-9-7-15)24-25-20(26)28-12-18(27)23-17-5-4-14(3)10-16(17)21/h4-10,13H,11-12H2,1-3H3,(H,23,27). The van der Waals surface area contributed by atoms with Gasteiger partial charge in [0.1, 0.15) is 0 Å². The average molecular weight is 460 g/mol. The summed E-state index contributed by atoms with van der Waals surface area (Å²) in [6, 6.07) is 9.66. The van der Waals surface area contributed by atoms with Gasteiger partial charge in [0.25, 0.3) is 0 Å². The molecule has 0 atom stereocenters. The normalized spacial score (nSPS) is 11.0. The molecule has 6 nitrogen and oxygen atoms in total. The Morgan fingerprint density at radius 2 is 1.96 bits per heavy atom. The first-order valence-electron chi connectivity index (χ1n) is 8.96. The summed E-state index contributed by atoms with van der Waals surface area (Å²) in [6.45, 7) is 7.07. The van der Waals surface area contributed by atoms with Crippen LogP contribution >= 0.6 is 27.7 Å². The van der Waals surface area contributed by atoms with E-state index in [9.17, 15) is 4.79 Å². The summed E-state index contributed by atoms with van der Waals surface area (Å²) in [6.07, 6.45) is 3.48. The molecule has 2 aromatic heterocycles. The molecule has 2 heterocycles. The monoisotopic (exact) mass is 459 g/mol. The molecule has 1 N–H and O–H groups in total. The molecular formula is C20H22BrN5OS. The predicted octanol–water partition coefficient (Wildman–Crippen LogP) is 4.80. The highest BCUT2D eigenvalue weighted by molar-refractivity contribution is 9.10. The number of aryl methyl sites for hydroxylation is 1. The molecule has 8 heteroatoms. The van der Waals surface area contributed by atoms with Gasteiger partial charge < -0.3 is 9.88 Å². The lowest BCUT2D eigenvalue weighted by molar-refractivity contribution is -0.113. The number of pyridine rings is 1. The van der Waals surface area contributed by atoms with Gasteiger partial charge in [-0.2, -0.15) is 0 Å². The number of hydrogen-bond acceptors (Lipinski definition) is 5. The van der Waals surface area contributed by atoms with Crippen LogP contribution in [0.1, 0.15) is 19.4 Å². The zero-order chi connectivity index (χ0) is 20.1. The maximum Gasteiger partial charge on any atom is 0.234 e. The van der Waals surface area contributed by atoms with Gasteiger partial charge in [-0.3, -0.25) is 9.78 Å². The first-order valence-corrected chi connectivity index (χ1v) is 10.7. The molecule has 3 rings (SSSR count). The second-order valence-corrected chi connectivity index (χ2v) is 8.66. The lowest BCUT2D eigenvalue weighted by Crippen LogP contribution is -2.15. The molecule has 0 saturated carbocycles. The largest absolute Gasteiger partial charge is 0.324 e. The van der Waals surface area contributed by atoms with E-state index in [1.54, 1.807) is 12.4 Å². The molecule has 0 spiro atoms. The molecule has 0 aliphatic rings. The van der Waals surface area contributed by atoms with Gasteiger partial charge >= 0.3 is 0 Å². The number of nitrogens with zero attached hydrogens (tertiary/aromatic N) is 4. The molecule has 3 aromatic rings. The maximum atomic E-state index is 12.4. The van der Waals surface area contributed by atoms with Crippen LogP contribution in [-0.2, 0) is 11.3 Å². The Labute approximate surface area is 177 Å². The molecule has 0 unspecified atom stereocenters. The van der Waals surface area contributed by atoms with Crippen molar-refractivity contribution in [1.82, 2.24) is 19.7 Å². The van der Waals surface area contributed by atoms with Gasteiger partial charge in [0.05, 0.1) is 11.4 Å². The van der Waals surface area contributed by atoms with Crippen LogP contribution in [-0.4, -0.2) is 31.4 Å². The topological polar surface area (TPSA) is 72.7 Å². The number of benzene rings is 1. The molecule has 28 heavy (non-hydrogen) atoms. The van der Waals surface area contributed by atoms with Gasteiger partial charge in [0.2, 0.25) is 5.91 Å². The number of anilines is 1. The minimum atomic E-state index is -0.0842. The van der Waals surface area contributed by atoms with Gasteiger partial charge in [-0.1, -0.05) is 31.7 Å². The fraction of sp³-hybridized carbons (Fsp3) is 0.300. The number of amides is 1. The quantitative estimate of drug-likeness (QED) is 0.513. The van der Waals surface area contributed by atoms with E-state index in [4.69, 9.17) is 0 Å². The first kappa shape index (κ1) is 20.5. The molecule has 0 aliphatic heterocycles. The SMILES string of the molecule is Cc1ccc(NC(=O)CSc2nnc(-c3ccncc3)n2CC(C)C)c(Br)c1. The van der Waals surface area contributed by atoms with E-state index in [1.165, 1.54) is 11.8 Å². The van der Waals surface area contributed by atoms with Crippen LogP contribution in [0.3, 0.4) is 0 Å². The number of carbonyl (C=O) groups excluding carboxylic acids is 1. The molecule has 0 radical (unpaired) electrons. The third-order valence-corrected chi connectivity index (χ3v) is 5.56. The van der Waals surface area contributed by atoms with E-state index < -0.39 is 0 Å². The van der Waals surface area contributed by atoms with Crippen LogP contribution in [0, 0.1) is 12.8 Å². The van der Waals surface area contributed by atoms with E-state index in [2.05, 4.69) is 54.8 Å². The van der Waals surface area contributed by atoms with Crippen molar-refractivity contribution in [2.45, 2.75) is 32.5 Å². The van der Waals surface area contributed by atoms with E-state index in [-0.39, 0.29) is 11.7 Å². The lowest BCUT2D eigenvalue weighted by atomic mass is 10.2. The molecule has 0 aliphatic carbocycles. The summed E-state index contributed by atoms with van der Waals surface area (Å²) in [7, 11) is 0. The van der Waals surface area contributed by atoms with Crippen molar-refractivity contribution in [1.29, 1.82) is 0 Å². The van der Waals surface area contributed by atoms with E-state index in [0.29, 0.717) is 5.92 Å². The van der Waals surface area contributed by atoms with Gasteiger partial charge in [0.15, 0.2) is 11.0 Å². The number of hydrogen-bond donors (Lipinski definition) is 1. The molecule has 146 valence electrons. The first-order chi connectivity index (χ1) is 13.4. The minimum absolute atomic E-state index is 0.0842. The average Bonchev–Trinajstić information content (AvgIpc) is 3.05. The van der Waals surface area contributed by atoms with Crippen LogP contribution in [0.5, 0.6) is 0 Å². The highest BCUT2D eigenvalue weighted by Crippen LogP contribution is 2.26. The Morgan fingerprint density at radius 1 is 1.21 bits per heavy atom. The summed E-state index contributed by atoms with van der Waals surface area (Å²) >= 11 is 4.87. The third-order valence-electron chi connectivity index (χ3n) is 3.93. The van der Waals surface area contributed by atoms with Crippen molar-refractivity contribution in [3.63, 3.8) is 0 Å². The Hall–Kier alpha value is -2.19. The van der Waals surface area contributed by atoms with Crippen molar-refractivity contribution in [2.24, 2.45) is 5.92 Å². The number of carbonyl (C=O) groups is 1. The summed E-state index contributed by atoms with van der Waals surface area (Å²) < 4.78 is 2.94. The highest BCUT2D eigenvalue weighted by Gasteiger charge is 2.17. The van der Waals surface area contributed by atoms with E-state index in [0.717, 1.165) is 38.8 Å². The van der Waals surface area contributed by atoms with Crippen molar-refractivity contribution in [3.05, 3.63) is 52.8 Å². The number of rotatable bonds is 7. The third kappa shape index (κ3) is 5.20. The van der Waals surface area contributed by atoms with E-state index >= 15 is 0 Å². The van der Waals surface area contributed by atoms with Gasteiger partial charge in [-0.05, 0) is 58.6 Å². The Balaban J connectivity index is 1.73. The fourth-order valence-electron chi connectivity index (χ4n) is 2.68. The molecular weight excluding hydrogens is 438 g/mol. The lowest BCUT2D eigenvalue weighted by Gasteiger charge is -2.12. The fourth-order valence-corrected chi connectivity index (χ4v) is 4.02. The zero-order valence-corrected chi connectivity index (χ0v) is 18.4. The second kappa shape index (κ2) is 9.34. The van der Waals surface area contributed by atoms with Crippen molar-refractivity contribution >= 4 is 39.3 Å². The van der Waals surface area contributed by atoms with Crippen molar-refractivity contribution in [2.75, 3.05) is 11.1 Å². The molecule has 1 amide bonds. The number of halogens is 1. The van der Waals surface area contributed by atoms with Crippen LogP contribution in [0.4, 0.5) is 5.69 Å². The van der Waals surface area contributed by atoms with E-state index in [1.807, 2.05) is 37.3 Å². The number of thioether (sulfide) groups is 1. The van der Waals surface area contributed by atoms with Crippen molar-refractivity contribution in [3.8, 4) is 11.4 Å². The Bertz CT molecular complexity index is 958. The summed E-state index contributed by atoms with van der Waals surface area (Å²) in [5, 5.41) is 12.3. The van der Waals surface area contributed by atoms with Crippen LogP contribution in [0.2, 0.25) is 0 Å². The Morgan fingerprint density at radius 3 is 2.64 bits per heavy atom. The number of aromatic nitrogens is 4. The highest BCUT2D eigenvalue weighted by atomic mass is 79.9. The maximum absolute atomic E-state index is 12.4. The van der Waals surface area contributed by atoms with Crippen LogP contribution < -0.4 is 5.32 Å². The smallest absolute Gasteiger partial charge is 0.234 e. The number of nitrogens with one attached hydrogen (secondary N) is 1. The van der Waals surface area contributed by atoms with Gasteiger partial charge in [0, 0.05) is 29.0 Å². The Kier molecular flexibility index (Phi) is 6.85. The molecule has 0 fully saturated rings. The van der Waals surface area contributed by atoms with Crippen molar-refractivity contribution < 1.29 is 4.79 Å². The molecule has 1 aromatic carbocycles. The predicted molar refractivity (Wildman–Crippen MR) is 116 cm³/mol. The van der Waals surface area contributed by atoms with Crippen LogP contribution in [0.15, 0.2) is 52.4 Å². The van der Waals surface area contributed by atoms with Crippen LogP contribution in [0.25, 0.3) is 11.4 Å². The summed E-state index contributed by atoms with van der Waals surface area (Å²) in [5.74, 6) is 1.39. The zero-order valence-electron chi connectivity index (χ0n) is 16.0. The molecule has 0 saturated heterocycles. The summed E-state index contributed by atoms with van der Waals surface area (Å²) in [4.78, 5) is 16.5. The van der Waals surface area contributed by atoms with Gasteiger partial charge in [-0.15, -0.1) is 10.2 Å².